The molecule has 2 aromatic rings. The first-order valence-corrected chi connectivity index (χ1v) is 7.98. The van der Waals surface area contributed by atoms with E-state index in [0.29, 0.717) is 0 Å². The minimum Gasteiger partial charge on any atom is -0.459 e. The number of aryl methyl sites for hydroxylation is 1. The number of likely N-dealkylation sites (N-methyl/N-ethyl adjacent to an activating group) is 1. The van der Waals surface area contributed by atoms with E-state index in [0.717, 1.165) is 16.1 Å². The number of anilines is 1. The number of hydrogen-bond donors (Lipinski definition) is 1. The summed E-state index contributed by atoms with van der Waals surface area (Å²) in [6.07, 6.45) is 3.41. The largest absolute Gasteiger partial charge is 0.459 e. The Morgan fingerprint density at radius 2 is 2.00 bits per heavy atom. The summed E-state index contributed by atoms with van der Waals surface area (Å²) < 4.78 is 5.16. The van der Waals surface area contributed by atoms with Crippen LogP contribution in [0.2, 0.25) is 0 Å². The number of hydrogen-bond acceptors (Lipinski definition) is 4. The van der Waals surface area contributed by atoms with E-state index in [-0.39, 0.29) is 24.1 Å². The highest BCUT2D eigenvalue weighted by atomic mass is 32.2. The number of carbonyl (C=O) groups is 2. The SMILES string of the molecule is CSc1ccccc1NC(=O)CN(C)C(=O)c1occc1C. The highest BCUT2D eigenvalue weighted by molar-refractivity contribution is 7.98. The maximum Gasteiger partial charge on any atom is 0.290 e. The Kier molecular flexibility index (Phi) is 5.27. The van der Waals surface area contributed by atoms with E-state index in [1.807, 2.05) is 30.5 Å². The van der Waals surface area contributed by atoms with Gasteiger partial charge in [-0.25, -0.2) is 0 Å². The van der Waals surface area contributed by atoms with Crippen molar-refractivity contribution in [2.75, 3.05) is 25.2 Å². The van der Waals surface area contributed by atoms with E-state index >= 15 is 0 Å². The van der Waals surface area contributed by atoms with E-state index in [1.54, 1.807) is 31.8 Å². The number of benzene rings is 1. The van der Waals surface area contributed by atoms with Crippen molar-refractivity contribution in [3.05, 3.63) is 47.9 Å². The molecule has 1 aromatic carbocycles. The molecule has 5 nitrogen and oxygen atoms in total. The first kappa shape index (κ1) is 16.2. The molecule has 0 fully saturated rings. The van der Waals surface area contributed by atoms with Crippen LogP contribution < -0.4 is 5.32 Å². The second kappa shape index (κ2) is 7.17. The molecule has 0 aliphatic rings. The lowest BCUT2D eigenvalue weighted by atomic mass is 10.2. The number of nitrogens with one attached hydrogen (secondary N) is 1. The topological polar surface area (TPSA) is 62.6 Å². The molecule has 2 rings (SSSR count). The van der Waals surface area contributed by atoms with Crippen LogP contribution >= 0.6 is 11.8 Å². The summed E-state index contributed by atoms with van der Waals surface area (Å²) in [6, 6.07) is 9.26. The summed E-state index contributed by atoms with van der Waals surface area (Å²) in [5.74, 6) is -0.294. The highest BCUT2D eigenvalue weighted by Gasteiger charge is 2.19. The van der Waals surface area contributed by atoms with Gasteiger partial charge in [-0.2, -0.15) is 0 Å². The molecule has 0 unspecified atom stereocenters. The first-order chi connectivity index (χ1) is 10.5. The van der Waals surface area contributed by atoms with Gasteiger partial charge in [0.25, 0.3) is 5.91 Å². The third-order valence-electron chi connectivity index (χ3n) is 3.16. The summed E-state index contributed by atoms with van der Waals surface area (Å²) in [6.45, 7) is 1.75. The molecule has 0 aliphatic carbocycles. The zero-order valence-electron chi connectivity index (χ0n) is 12.8. The van der Waals surface area contributed by atoms with Crippen LogP contribution in [-0.2, 0) is 4.79 Å². The van der Waals surface area contributed by atoms with Crippen LogP contribution in [0.5, 0.6) is 0 Å². The van der Waals surface area contributed by atoms with Gasteiger partial charge in [-0.05, 0) is 31.4 Å². The van der Waals surface area contributed by atoms with Crippen molar-refractivity contribution in [1.29, 1.82) is 0 Å². The molecule has 0 spiro atoms. The van der Waals surface area contributed by atoms with E-state index < -0.39 is 0 Å². The molecule has 0 aliphatic heterocycles. The Bertz CT molecular complexity index is 682. The molecule has 1 heterocycles. The van der Waals surface area contributed by atoms with Crippen molar-refractivity contribution in [3.8, 4) is 0 Å². The lowest BCUT2D eigenvalue weighted by molar-refractivity contribution is -0.116. The first-order valence-electron chi connectivity index (χ1n) is 6.75. The molecule has 1 N–H and O–H groups in total. The summed E-state index contributed by atoms with van der Waals surface area (Å²) in [5.41, 5.74) is 1.50. The van der Waals surface area contributed by atoms with E-state index in [9.17, 15) is 9.59 Å². The second-order valence-corrected chi connectivity index (χ2v) is 5.69. The van der Waals surface area contributed by atoms with Crippen LogP contribution in [0.3, 0.4) is 0 Å². The minimum atomic E-state index is -0.309. The molecule has 22 heavy (non-hydrogen) atoms. The smallest absolute Gasteiger partial charge is 0.290 e. The third-order valence-corrected chi connectivity index (χ3v) is 3.96. The summed E-state index contributed by atoms with van der Waals surface area (Å²) in [7, 11) is 1.57. The Labute approximate surface area is 133 Å². The Morgan fingerprint density at radius 1 is 1.27 bits per heavy atom. The second-order valence-electron chi connectivity index (χ2n) is 4.84. The Balaban J connectivity index is 2.00. The van der Waals surface area contributed by atoms with Gasteiger partial charge in [0.15, 0.2) is 5.76 Å². The van der Waals surface area contributed by atoms with E-state index in [1.165, 1.54) is 11.2 Å². The van der Waals surface area contributed by atoms with Crippen molar-refractivity contribution in [3.63, 3.8) is 0 Å². The fourth-order valence-electron chi connectivity index (χ4n) is 1.99. The van der Waals surface area contributed by atoms with Gasteiger partial charge in [-0.3, -0.25) is 9.59 Å². The Morgan fingerprint density at radius 3 is 2.64 bits per heavy atom. The Hall–Kier alpha value is -2.21. The van der Waals surface area contributed by atoms with E-state index in [4.69, 9.17) is 4.42 Å². The standard InChI is InChI=1S/C16H18N2O3S/c1-11-8-9-21-15(11)16(20)18(2)10-14(19)17-12-6-4-5-7-13(12)22-3/h4-9H,10H2,1-3H3,(H,17,19). The van der Waals surface area contributed by atoms with Crippen LogP contribution in [0.25, 0.3) is 0 Å². The molecular weight excluding hydrogens is 300 g/mol. The highest BCUT2D eigenvalue weighted by Crippen LogP contribution is 2.24. The molecular formula is C16H18N2O3S. The van der Waals surface area contributed by atoms with Gasteiger partial charge in [0, 0.05) is 17.5 Å². The van der Waals surface area contributed by atoms with Crippen LogP contribution in [0.15, 0.2) is 45.9 Å². The average Bonchev–Trinajstić information content (AvgIpc) is 2.93. The van der Waals surface area contributed by atoms with Gasteiger partial charge < -0.3 is 14.6 Å². The lowest BCUT2D eigenvalue weighted by Gasteiger charge is -2.16. The van der Waals surface area contributed by atoms with Gasteiger partial charge in [-0.1, -0.05) is 12.1 Å². The average molecular weight is 318 g/mol. The van der Waals surface area contributed by atoms with Crippen LogP contribution in [0.1, 0.15) is 16.1 Å². The minimum absolute atomic E-state index is 0.0400. The molecule has 0 radical (unpaired) electrons. The van der Waals surface area contributed by atoms with Crippen LogP contribution in [0, 0.1) is 6.92 Å². The number of amides is 2. The van der Waals surface area contributed by atoms with Crippen molar-refractivity contribution < 1.29 is 14.0 Å². The van der Waals surface area contributed by atoms with Crippen LogP contribution in [0.4, 0.5) is 5.69 Å². The summed E-state index contributed by atoms with van der Waals surface area (Å²) in [4.78, 5) is 26.6. The zero-order valence-corrected chi connectivity index (χ0v) is 13.6. The van der Waals surface area contributed by atoms with Gasteiger partial charge in [0.05, 0.1) is 18.5 Å². The van der Waals surface area contributed by atoms with E-state index in [2.05, 4.69) is 5.32 Å². The normalized spacial score (nSPS) is 10.3. The van der Waals surface area contributed by atoms with Gasteiger partial charge in [0.1, 0.15) is 0 Å². The monoisotopic (exact) mass is 318 g/mol. The number of carbonyl (C=O) groups excluding carboxylic acids is 2. The zero-order chi connectivity index (χ0) is 16.1. The number of nitrogens with zero attached hydrogens (tertiary/aromatic N) is 1. The maximum absolute atomic E-state index is 12.2. The predicted molar refractivity (Wildman–Crippen MR) is 87.3 cm³/mol. The number of furan rings is 1. The van der Waals surface area contributed by atoms with Gasteiger partial charge in [-0.15, -0.1) is 11.8 Å². The van der Waals surface area contributed by atoms with Crippen LogP contribution in [-0.4, -0.2) is 36.6 Å². The molecule has 2 amide bonds. The van der Waals surface area contributed by atoms with Crippen molar-refractivity contribution in [2.24, 2.45) is 0 Å². The van der Waals surface area contributed by atoms with Crippen molar-refractivity contribution in [1.82, 2.24) is 4.90 Å². The molecule has 0 saturated carbocycles. The number of para-hydroxylation sites is 1. The predicted octanol–water partition coefficient (Wildman–Crippen LogP) is 3.02. The molecule has 0 saturated heterocycles. The molecule has 0 atom stereocenters. The fourth-order valence-corrected chi connectivity index (χ4v) is 2.54. The summed E-state index contributed by atoms with van der Waals surface area (Å²) >= 11 is 1.55. The molecule has 6 heteroatoms. The fraction of sp³-hybridized carbons (Fsp3) is 0.250. The third kappa shape index (κ3) is 3.71. The number of rotatable bonds is 5. The van der Waals surface area contributed by atoms with Crippen molar-refractivity contribution >= 4 is 29.3 Å². The summed E-state index contributed by atoms with van der Waals surface area (Å²) in [5, 5.41) is 2.82. The number of thioether (sulfide) groups is 1. The lowest BCUT2D eigenvalue weighted by Crippen LogP contribution is -2.35. The molecule has 116 valence electrons. The maximum atomic E-state index is 12.2. The van der Waals surface area contributed by atoms with Gasteiger partial charge in [0.2, 0.25) is 5.91 Å². The van der Waals surface area contributed by atoms with Gasteiger partial charge >= 0.3 is 0 Å². The molecule has 0 bridgehead atoms. The van der Waals surface area contributed by atoms with Crippen molar-refractivity contribution in [2.45, 2.75) is 11.8 Å². The molecule has 1 aromatic heterocycles. The quantitative estimate of drug-likeness (QED) is 0.861.